The largest absolute Gasteiger partial charge is 0.368 e. The highest BCUT2D eigenvalue weighted by Crippen LogP contribution is 2.19. The van der Waals surface area contributed by atoms with Crippen molar-refractivity contribution >= 4 is 38.9 Å². The lowest BCUT2D eigenvalue weighted by Gasteiger charge is -2.36. The van der Waals surface area contributed by atoms with Crippen LogP contribution in [0.2, 0.25) is 5.02 Å². The molecular weight excluding hydrogens is 422 g/mol. The van der Waals surface area contributed by atoms with Gasteiger partial charge in [-0.15, -0.1) is 0 Å². The summed E-state index contributed by atoms with van der Waals surface area (Å²) in [6, 6.07) is 17.1. The molecule has 2 heterocycles. The Morgan fingerprint density at radius 2 is 1.57 bits per heavy atom. The van der Waals surface area contributed by atoms with Crippen molar-refractivity contribution in [2.24, 2.45) is 0 Å². The fourth-order valence-electron chi connectivity index (χ4n) is 3.40. The highest BCUT2D eigenvalue weighted by molar-refractivity contribution is 7.91. The maximum atomic E-state index is 12.4. The highest BCUT2D eigenvalue weighted by atomic mass is 35.5. The Hall–Kier alpha value is -2.84. The average molecular weight is 444 g/mol. The maximum absolute atomic E-state index is 12.4. The summed E-state index contributed by atoms with van der Waals surface area (Å²) in [6.45, 7) is 3.35. The van der Waals surface area contributed by atoms with Gasteiger partial charge in [0.15, 0.2) is 0 Å². The second kappa shape index (κ2) is 8.89. The van der Waals surface area contributed by atoms with Crippen LogP contribution in [-0.4, -0.2) is 44.6 Å². The molecule has 30 heavy (non-hydrogen) atoms. The molecule has 3 aromatic rings. The predicted molar refractivity (Wildman–Crippen MR) is 121 cm³/mol. The van der Waals surface area contributed by atoms with E-state index in [0.717, 1.165) is 26.2 Å². The van der Waals surface area contributed by atoms with E-state index in [1.807, 2.05) is 18.2 Å². The van der Waals surface area contributed by atoms with Crippen molar-refractivity contribution in [2.75, 3.05) is 40.7 Å². The van der Waals surface area contributed by atoms with Gasteiger partial charge in [0.2, 0.25) is 16.0 Å². The van der Waals surface area contributed by atoms with Crippen molar-refractivity contribution in [2.45, 2.75) is 5.75 Å². The van der Waals surface area contributed by atoms with Gasteiger partial charge in [-0.1, -0.05) is 41.9 Å². The zero-order valence-electron chi connectivity index (χ0n) is 16.3. The van der Waals surface area contributed by atoms with Gasteiger partial charge in [0, 0.05) is 36.9 Å². The molecule has 0 radical (unpaired) electrons. The molecule has 1 N–H and O–H groups in total. The van der Waals surface area contributed by atoms with Crippen LogP contribution in [0, 0.1) is 0 Å². The van der Waals surface area contributed by atoms with Gasteiger partial charge in [-0.05, 0) is 29.8 Å². The first-order chi connectivity index (χ1) is 14.5. The number of anilines is 3. The summed E-state index contributed by atoms with van der Waals surface area (Å²) in [5, 5.41) is 0.503. The van der Waals surface area contributed by atoms with E-state index in [2.05, 4.69) is 36.6 Å². The SMILES string of the molecule is O=S(=O)(Cc1cccc(Cl)c1)Nc1cnc(N2CCN(c3ccccc3)CC2)nc1. The Morgan fingerprint density at radius 3 is 2.23 bits per heavy atom. The van der Waals surface area contributed by atoms with Gasteiger partial charge in [-0.3, -0.25) is 4.72 Å². The van der Waals surface area contributed by atoms with Crippen LogP contribution < -0.4 is 14.5 Å². The fourth-order valence-corrected chi connectivity index (χ4v) is 4.77. The van der Waals surface area contributed by atoms with Crippen molar-refractivity contribution in [3.63, 3.8) is 0 Å². The molecule has 9 heteroatoms. The molecule has 1 aliphatic heterocycles. The highest BCUT2D eigenvalue weighted by Gasteiger charge is 2.19. The standard InChI is InChI=1S/C21H22ClN5O2S/c22-18-6-4-5-17(13-18)16-30(28,29)25-19-14-23-21(24-15-19)27-11-9-26(10-12-27)20-7-2-1-3-8-20/h1-8,13-15,25H,9-12,16H2. The average Bonchev–Trinajstić information content (AvgIpc) is 2.74. The summed E-state index contributed by atoms with van der Waals surface area (Å²) in [6.07, 6.45) is 3.00. The first kappa shape index (κ1) is 20.4. The first-order valence-corrected chi connectivity index (χ1v) is 11.6. The van der Waals surface area contributed by atoms with Crippen LogP contribution in [0.15, 0.2) is 67.0 Å². The normalized spacial score (nSPS) is 14.6. The lowest BCUT2D eigenvalue weighted by Crippen LogP contribution is -2.47. The van der Waals surface area contributed by atoms with Gasteiger partial charge in [-0.2, -0.15) is 0 Å². The van der Waals surface area contributed by atoms with Gasteiger partial charge in [0.1, 0.15) is 0 Å². The number of nitrogens with zero attached hydrogens (tertiary/aromatic N) is 4. The van der Waals surface area contributed by atoms with E-state index in [1.165, 1.54) is 18.1 Å². The van der Waals surface area contributed by atoms with Gasteiger partial charge in [0.05, 0.1) is 23.8 Å². The van der Waals surface area contributed by atoms with E-state index in [0.29, 0.717) is 22.2 Å². The van der Waals surface area contributed by atoms with E-state index >= 15 is 0 Å². The third-order valence-corrected chi connectivity index (χ3v) is 6.34. The summed E-state index contributed by atoms with van der Waals surface area (Å²) in [7, 11) is -3.59. The molecule has 0 amide bonds. The predicted octanol–water partition coefficient (Wildman–Crippen LogP) is 3.40. The molecule has 156 valence electrons. The van der Waals surface area contributed by atoms with Crippen molar-refractivity contribution in [3.8, 4) is 0 Å². The van der Waals surface area contributed by atoms with E-state index < -0.39 is 10.0 Å². The topological polar surface area (TPSA) is 78.4 Å². The molecule has 0 saturated carbocycles. The van der Waals surface area contributed by atoms with Crippen LogP contribution in [0.1, 0.15) is 5.56 Å². The molecule has 4 rings (SSSR count). The third-order valence-electron chi connectivity index (χ3n) is 4.84. The molecule has 1 saturated heterocycles. The van der Waals surface area contributed by atoms with Gasteiger partial charge in [-0.25, -0.2) is 18.4 Å². The van der Waals surface area contributed by atoms with E-state index in [4.69, 9.17) is 11.6 Å². The Kier molecular flexibility index (Phi) is 6.06. The number of nitrogens with one attached hydrogen (secondary N) is 1. The summed E-state index contributed by atoms with van der Waals surface area (Å²) in [5.41, 5.74) is 2.16. The minimum atomic E-state index is -3.59. The number of piperazine rings is 1. The molecule has 1 aromatic heterocycles. The number of halogens is 1. The molecule has 0 spiro atoms. The summed E-state index contributed by atoms with van der Waals surface area (Å²) >= 11 is 5.93. The van der Waals surface area contributed by atoms with Crippen LogP contribution in [0.25, 0.3) is 0 Å². The molecule has 0 atom stereocenters. The Balaban J connectivity index is 1.35. The number of benzene rings is 2. The molecule has 0 bridgehead atoms. The zero-order chi connectivity index (χ0) is 21.0. The molecule has 7 nitrogen and oxygen atoms in total. The zero-order valence-corrected chi connectivity index (χ0v) is 17.9. The fraction of sp³-hybridized carbons (Fsp3) is 0.238. The molecule has 1 aliphatic rings. The lowest BCUT2D eigenvalue weighted by molar-refractivity contribution is 0.600. The molecule has 1 fully saturated rings. The molecule has 2 aromatic carbocycles. The molecular formula is C21H22ClN5O2S. The van der Waals surface area contributed by atoms with Gasteiger partial charge in [0.25, 0.3) is 0 Å². The van der Waals surface area contributed by atoms with Gasteiger partial charge < -0.3 is 9.80 Å². The number of para-hydroxylation sites is 1. The van der Waals surface area contributed by atoms with Crippen molar-refractivity contribution in [1.82, 2.24) is 9.97 Å². The van der Waals surface area contributed by atoms with Crippen molar-refractivity contribution < 1.29 is 8.42 Å². The summed E-state index contributed by atoms with van der Waals surface area (Å²) in [5.74, 6) is 0.428. The van der Waals surface area contributed by atoms with Crippen LogP contribution >= 0.6 is 11.6 Å². The Labute approximate surface area is 181 Å². The monoisotopic (exact) mass is 443 g/mol. The Morgan fingerprint density at radius 1 is 0.900 bits per heavy atom. The smallest absolute Gasteiger partial charge is 0.237 e. The number of hydrogen-bond acceptors (Lipinski definition) is 6. The van der Waals surface area contributed by atoms with Crippen LogP contribution in [0.5, 0.6) is 0 Å². The van der Waals surface area contributed by atoms with E-state index in [1.54, 1.807) is 24.3 Å². The lowest BCUT2D eigenvalue weighted by atomic mass is 10.2. The van der Waals surface area contributed by atoms with Crippen LogP contribution in [0.3, 0.4) is 0 Å². The second-order valence-corrected chi connectivity index (χ2v) is 9.23. The maximum Gasteiger partial charge on any atom is 0.237 e. The van der Waals surface area contributed by atoms with E-state index in [-0.39, 0.29) is 5.75 Å². The number of sulfonamides is 1. The number of hydrogen-bond donors (Lipinski definition) is 1. The van der Waals surface area contributed by atoms with E-state index in [9.17, 15) is 8.42 Å². The van der Waals surface area contributed by atoms with Crippen LogP contribution in [-0.2, 0) is 15.8 Å². The number of aromatic nitrogens is 2. The minimum absolute atomic E-state index is 0.170. The van der Waals surface area contributed by atoms with Crippen molar-refractivity contribution in [1.29, 1.82) is 0 Å². The van der Waals surface area contributed by atoms with Gasteiger partial charge >= 0.3 is 0 Å². The van der Waals surface area contributed by atoms with Crippen LogP contribution in [0.4, 0.5) is 17.3 Å². The molecule has 0 aliphatic carbocycles. The number of rotatable bonds is 6. The van der Waals surface area contributed by atoms with Crippen molar-refractivity contribution in [3.05, 3.63) is 77.6 Å². The molecule has 0 unspecified atom stereocenters. The first-order valence-electron chi connectivity index (χ1n) is 9.60. The second-order valence-electron chi connectivity index (χ2n) is 7.07. The minimum Gasteiger partial charge on any atom is -0.368 e. The third kappa shape index (κ3) is 5.20. The summed E-state index contributed by atoms with van der Waals surface area (Å²) in [4.78, 5) is 13.1. The quantitative estimate of drug-likeness (QED) is 0.629. The summed E-state index contributed by atoms with van der Waals surface area (Å²) < 4.78 is 27.3. The Bertz CT molecular complexity index is 1090.